The van der Waals surface area contributed by atoms with E-state index in [2.05, 4.69) is 38.7 Å². The summed E-state index contributed by atoms with van der Waals surface area (Å²) in [6.07, 6.45) is 2.15. The summed E-state index contributed by atoms with van der Waals surface area (Å²) >= 11 is 0. The summed E-state index contributed by atoms with van der Waals surface area (Å²) in [5.74, 6) is 0. The molecular formula is C11H17N. The van der Waals surface area contributed by atoms with E-state index in [4.69, 9.17) is 0 Å². The zero-order valence-corrected chi connectivity index (χ0v) is 8.44. The highest BCUT2D eigenvalue weighted by Gasteiger charge is 2.02. The van der Waals surface area contributed by atoms with Crippen molar-refractivity contribution >= 4 is 0 Å². The fourth-order valence-electron chi connectivity index (χ4n) is 1.42. The van der Waals surface area contributed by atoms with Crippen LogP contribution in [0.25, 0.3) is 0 Å². The van der Waals surface area contributed by atoms with E-state index in [0.717, 1.165) is 12.8 Å². The van der Waals surface area contributed by atoms with E-state index in [0.29, 0.717) is 0 Å². The van der Waals surface area contributed by atoms with Gasteiger partial charge in [-0.05, 0) is 43.9 Å². The second kappa shape index (κ2) is 3.70. The number of hydrogen-bond acceptors (Lipinski definition) is 1. The minimum absolute atomic E-state index is 1.04. The Morgan fingerprint density at radius 2 is 1.83 bits per heavy atom. The van der Waals surface area contributed by atoms with Crippen molar-refractivity contribution in [1.82, 2.24) is 4.98 Å². The predicted molar refractivity (Wildman–Crippen MR) is 52.5 cm³/mol. The molecule has 1 aromatic rings. The third-order valence-electron chi connectivity index (χ3n) is 2.42. The molecule has 0 aliphatic carbocycles. The highest BCUT2D eigenvalue weighted by atomic mass is 14.7. The second-order valence-corrected chi connectivity index (χ2v) is 3.19. The third kappa shape index (κ3) is 1.66. The van der Waals surface area contributed by atoms with Crippen LogP contribution in [0.2, 0.25) is 0 Å². The molecule has 0 radical (unpaired) electrons. The largest absolute Gasteiger partial charge is 0.258 e. The second-order valence-electron chi connectivity index (χ2n) is 3.19. The molecule has 0 bridgehead atoms. The van der Waals surface area contributed by atoms with Crippen molar-refractivity contribution in [3.63, 3.8) is 0 Å². The Balaban J connectivity index is 3.19. The number of nitrogens with zero attached hydrogens (tertiary/aromatic N) is 1. The van der Waals surface area contributed by atoms with Gasteiger partial charge >= 0.3 is 0 Å². The van der Waals surface area contributed by atoms with Crippen molar-refractivity contribution in [2.24, 2.45) is 0 Å². The van der Waals surface area contributed by atoms with Crippen LogP contribution in [0, 0.1) is 13.8 Å². The summed E-state index contributed by atoms with van der Waals surface area (Å²) < 4.78 is 0. The predicted octanol–water partition coefficient (Wildman–Crippen LogP) is 2.82. The monoisotopic (exact) mass is 163 g/mol. The van der Waals surface area contributed by atoms with E-state index >= 15 is 0 Å². The van der Waals surface area contributed by atoms with Gasteiger partial charge in [-0.1, -0.05) is 13.8 Å². The van der Waals surface area contributed by atoms with Gasteiger partial charge in [-0.3, -0.25) is 4.98 Å². The van der Waals surface area contributed by atoms with Crippen LogP contribution in [0.1, 0.15) is 36.4 Å². The zero-order valence-electron chi connectivity index (χ0n) is 8.44. The molecule has 0 unspecified atom stereocenters. The molecule has 0 fully saturated rings. The molecule has 0 aliphatic heterocycles. The quantitative estimate of drug-likeness (QED) is 0.653. The average Bonchev–Trinajstić information content (AvgIpc) is 2.09. The van der Waals surface area contributed by atoms with Crippen molar-refractivity contribution < 1.29 is 0 Å². The number of aryl methyl sites for hydroxylation is 3. The van der Waals surface area contributed by atoms with E-state index < -0.39 is 0 Å². The standard InChI is InChI=1S/C11H17N/c1-5-10-7-11(6-2)12-9(4)8(10)3/h7H,5-6H2,1-4H3. The molecule has 0 atom stereocenters. The molecule has 0 amide bonds. The van der Waals surface area contributed by atoms with E-state index in [1.54, 1.807) is 0 Å². The van der Waals surface area contributed by atoms with Gasteiger partial charge in [0.1, 0.15) is 0 Å². The first-order valence-electron chi connectivity index (χ1n) is 4.65. The van der Waals surface area contributed by atoms with Gasteiger partial charge in [-0.15, -0.1) is 0 Å². The SMILES string of the molecule is CCc1cc(CC)c(C)c(C)n1. The molecule has 0 aliphatic rings. The summed E-state index contributed by atoms with van der Waals surface area (Å²) in [6.45, 7) is 8.59. The van der Waals surface area contributed by atoms with Crippen LogP contribution < -0.4 is 0 Å². The Morgan fingerprint density at radius 3 is 2.33 bits per heavy atom. The van der Waals surface area contributed by atoms with E-state index in [-0.39, 0.29) is 0 Å². The van der Waals surface area contributed by atoms with Crippen LogP contribution in [0.3, 0.4) is 0 Å². The van der Waals surface area contributed by atoms with Gasteiger partial charge in [0.2, 0.25) is 0 Å². The zero-order chi connectivity index (χ0) is 9.14. The molecular weight excluding hydrogens is 146 g/mol. The van der Waals surface area contributed by atoms with Crippen LogP contribution in [0.5, 0.6) is 0 Å². The maximum atomic E-state index is 4.50. The minimum atomic E-state index is 1.04. The summed E-state index contributed by atoms with van der Waals surface area (Å²) in [7, 11) is 0. The van der Waals surface area contributed by atoms with E-state index in [9.17, 15) is 0 Å². The van der Waals surface area contributed by atoms with Crippen molar-refractivity contribution in [3.05, 3.63) is 28.6 Å². The first kappa shape index (κ1) is 9.24. The van der Waals surface area contributed by atoms with Gasteiger partial charge in [-0.2, -0.15) is 0 Å². The molecule has 0 saturated heterocycles. The van der Waals surface area contributed by atoms with Crippen molar-refractivity contribution in [2.75, 3.05) is 0 Å². The normalized spacial score (nSPS) is 10.3. The Kier molecular flexibility index (Phi) is 2.85. The van der Waals surface area contributed by atoms with Crippen LogP contribution in [-0.2, 0) is 12.8 Å². The molecule has 1 heterocycles. The Bertz CT molecular complexity index is 277. The molecule has 0 spiro atoms. The molecule has 0 aromatic carbocycles. The maximum Gasteiger partial charge on any atom is 0.0407 e. The van der Waals surface area contributed by atoms with E-state index in [1.807, 2.05) is 0 Å². The van der Waals surface area contributed by atoms with Gasteiger partial charge in [0.15, 0.2) is 0 Å². The topological polar surface area (TPSA) is 12.9 Å². The maximum absolute atomic E-state index is 4.50. The van der Waals surface area contributed by atoms with Gasteiger partial charge in [0, 0.05) is 11.4 Å². The number of hydrogen-bond donors (Lipinski definition) is 0. The number of rotatable bonds is 2. The fourth-order valence-corrected chi connectivity index (χ4v) is 1.42. The molecule has 12 heavy (non-hydrogen) atoms. The van der Waals surface area contributed by atoms with Gasteiger partial charge < -0.3 is 0 Å². The lowest BCUT2D eigenvalue weighted by Gasteiger charge is -2.08. The lowest BCUT2D eigenvalue weighted by Crippen LogP contribution is -1.98. The Hall–Kier alpha value is -0.850. The van der Waals surface area contributed by atoms with Gasteiger partial charge in [0.05, 0.1) is 0 Å². The molecule has 66 valence electrons. The summed E-state index contributed by atoms with van der Waals surface area (Å²) in [5.41, 5.74) is 5.20. The molecule has 1 rings (SSSR count). The smallest absolute Gasteiger partial charge is 0.0407 e. The Morgan fingerprint density at radius 1 is 1.17 bits per heavy atom. The fraction of sp³-hybridized carbons (Fsp3) is 0.545. The first-order chi connectivity index (χ1) is 5.69. The summed E-state index contributed by atoms with van der Waals surface area (Å²) in [5, 5.41) is 0. The number of aromatic nitrogens is 1. The van der Waals surface area contributed by atoms with Crippen LogP contribution in [-0.4, -0.2) is 4.98 Å². The lowest BCUT2D eigenvalue weighted by atomic mass is 10.0. The molecule has 0 N–H and O–H groups in total. The molecule has 1 aromatic heterocycles. The van der Waals surface area contributed by atoms with Gasteiger partial charge in [-0.25, -0.2) is 0 Å². The van der Waals surface area contributed by atoms with Crippen LogP contribution in [0.15, 0.2) is 6.07 Å². The minimum Gasteiger partial charge on any atom is -0.258 e. The molecule has 0 saturated carbocycles. The summed E-state index contributed by atoms with van der Waals surface area (Å²) in [6, 6.07) is 2.22. The summed E-state index contributed by atoms with van der Waals surface area (Å²) in [4.78, 5) is 4.50. The highest BCUT2D eigenvalue weighted by molar-refractivity contribution is 5.30. The van der Waals surface area contributed by atoms with E-state index in [1.165, 1.54) is 22.5 Å². The third-order valence-corrected chi connectivity index (χ3v) is 2.42. The van der Waals surface area contributed by atoms with Crippen molar-refractivity contribution in [1.29, 1.82) is 0 Å². The van der Waals surface area contributed by atoms with Crippen LogP contribution in [0.4, 0.5) is 0 Å². The van der Waals surface area contributed by atoms with Crippen LogP contribution >= 0.6 is 0 Å². The number of pyridine rings is 1. The van der Waals surface area contributed by atoms with Crippen molar-refractivity contribution in [2.45, 2.75) is 40.5 Å². The first-order valence-corrected chi connectivity index (χ1v) is 4.65. The van der Waals surface area contributed by atoms with Gasteiger partial charge in [0.25, 0.3) is 0 Å². The lowest BCUT2D eigenvalue weighted by molar-refractivity contribution is 0.957. The molecule has 1 nitrogen and oxygen atoms in total. The highest BCUT2D eigenvalue weighted by Crippen LogP contribution is 2.13. The van der Waals surface area contributed by atoms with Crippen molar-refractivity contribution in [3.8, 4) is 0 Å². The Labute approximate surface area is 74.8 Å². The molecule has 1 heteroatoms. The average molecular weight is 163 g/mol.